The number of nitrogens with one attached hydrogen (secondary N) is 3. The second-order valence-electron chi connectivity index (χ2n) is 9.70. The van der Waals surface area contributed by atoms with E-state index in [1.165, 1.54) is 23.9 Å². The first-order chi connectivity index (χ1) is 21.9. The predicted molar refractivity (Wildman–Crippen MR) is 175 cm³/mol. The van der Waals surface area contributed by atoms with E-state index in [-0.39, 0.29) is 29.7 Å². The zero-order valence-electron chi connectivity index (χ0n) is 24.2. The maximum Gasteiger partial charge on any atom is 0.272 e. The number of rotatable bonds is 10. The Bertz CT molecular complexity index is 1760. The maximum atomic E-state index is 13.4. The van der Waals surface area contributed by atoms with Crippen molar-refractivity contribution in [3.8, 4) is 5.75 Å². The molecule has 0 saturated carbocycles. The summed E-state index contributed by atoms with van der Waals surface area (Å²) in [6, 6.07) is 31.7. The van der Waals surface area contributed by atoms with Gasteiger partial charge in [0.15, 0.2) is 0 Å². The van der Waals surface area contributed by atoms with Crippen molar-refractivity contribution in [1.29, 1.82) is 0 Å². The highest BCUT2D eigenvalue weighted by atomic mass is 32.2. The van der Waals surface area contributed by atoms with Gasteiger partial charge < -0.3 is 20.7 Å². The molecule has 3 N–H and O–H groups in total. The molecule has 4 aromatic carbocycles. The fourth-order valence-electron chi connectivity index (χ4n) is 4.33. The Morgan fingerprint density at radius 3 is 2.24 bits per heavy atom. The van der Waals surface area contributed by atoms with Crippen molar-refractivity contribution in [1.82, 2.24) is 10.6 Å². The number of hydrazone groups is 1. The molecule has 1 aliphatic heterocycles. The minimum Gasteiger partial charge on any atom is -0.496 e. The van der Waals surface area contributed by atoms with Crippen LogP contribution in [0.4, 0.5) is 11.4 Å². The van der Waals surface area contributed by atoms with E-state index < -0.39 is 11.8 Å². The SMILES string of the molecule is COc1ccccc1/C=C(\NC(=O)c1ccccc1)C(=O)Nc1ccc(SCC(=O)NC2=NN(c3ccccc3)C(=O)C2)cc1. The van der Waals surface area contributed by atoms with Crippen molar-refractivity contribution in [2.75, 3.05) is 23.2 Å². The fourth-order valence-corrected chi connectivity index (χ4v) is 5.03. The van der Waals surface area contributed by atoms with E-state index in [0.717, 1.165) is 4.90 Å². The topological polar surface area (TPSA) is 129 Å². The zero-order valence-corrected chi connectivity index (χ0v) is 25.0. The van der Waals surface area contributed by atoms with E-state index in [1.807, 2.05) is 24.3 Å². The van der Waals surface area contributed by atoms with Gasteiger partial charge >= 0.3 is 0 Å². The monoisotopic (exact) mass is 619 g/mol. The molecule has 0 spiro atoms. The van der Waals surface area contributed by atoms with Crippen molar-refractivity contribution < 1.29 is 23.9 Å². The summed E-state index contributed by atoms with van der Waals surface area (Å²) in [6.07, 6.45) is 1.57. The summed E-state index contributed by atoms with van der Waals surface area (Å²) in [5, 5.41) is 13.8. The van der Waals surface area contributed by atoms with Gasteiger partial charge in [0.05, 0.1) is 25.0 Å². The summed E-state index contributed by atoms with van der Waals surface area (Å²) in [6.45, 7) is 0. The molecule has 5 rings (SSSR count). The standard InChI is InChI=1S/C34H29N5O5S/c1-44-29-15-9-8-12-24(29)20-28(36-33(42)23-10-4-2-5-11-23)34(43)35-25-16-18-27(19-17-25)45-22-31(40)37-30-21-32(41)39(38-30)26-13-6-3-7-14-26/h2-20H,21-22H2,1H3,(H,35,43)(H,36,42)(H,37,38,40)/b28-20-. The van der Waals surface area contributed by atoms with Crippen molar-refractivity contribution in [2.24, 2.45) is 5.10 Å². The van der Waals surface area contributed by atoms with Crippen LogP contribution in [0.2, 0.25) is 0 Å². The Labute approximate surface area is 264 Å². The molecule has 0 aliphatic carbocycles. The number of benzene rings is 4. The number of para-hydroxylation sites is 2. The van der Waals surface area contributed by atoms with E-state index in [0.29, 0.717) is 34.1 Å². The largest absolute Gasteiger partial charge is 0.496 e. The Morgan fingerprint density at radius 2 is 1.53 bits per heavy atom. The lowest BCUT2D eigenvalue weighted by Crippen LogP contribution is -2.31. The smallest absolute Gasteiger partial charge is 0.272 e. The fraction of sp³-hybridized carbons (Fsp3) is 0.0882. The summed E-state index contributed by atoms with van der Waals surface area (Å²) in [4.78, 5) is 51.9. The number of carbonyl (C=O) groups excluding carboxylic acids is 4. The van der Waals surface area contributed by atoms with Crippen LogP contribution in [0.3, 0.4) is 0 Å². The first-order valence-corrected chi connectivity index (χ1v) is 14.9. The second-order valence-corrected chi connectivity index (χ2v) is 10.7. The van der Waals surface area contributed by atoms with E-state index in [1.54, 1.807) is 91.0 Å². The van der Waals surface area contributed by atoms with Crippen LogP contribution < -0.4 is 25.7 Å². The van der Waals surface area contributed by atoms with Crippen LogP contribution in [0.15, 0.2) is 125 Å². The van der Waals surface area contributed by atoms with Gasteiger partial charge in [-0.3, -0.25) is 19.2 Å². The Hall–Kier alpha value is -5.68. The molecule has 1 aliphatic rings. The molecule has 0 radical (unpaired) electrons. The Kier molecular flexibility index (Phi) is 10.0. The van der Waals surface area contributed by atoms with Crippen LogP contribution in [0.25, 0.3) is 6.08 Å². The number of anilines is 2. The Balaban J connectivity index is 1.20. The molecule has 10 nitrogen and oxygen atoms in total. The summed E-state index contributed by atoms with van der Waals surface area (Å²) < 4.78 is 5.41. The molecule has 0 atom stereocenters. The highest BCUT2D eigenvalue weighted by Gasteiger charge is 2.26. The molecule has 45 heavy (non-hydrogen) atoms. The quantitative estimate of drug-likeness (QED) is 0.168. The molecule has 226 valence electrons. The molecular formula is C34H29N5O5S. The van der Waals surface area contributed by atoms with Gasteiger partial charge in [-0.1, -0.05) is 54.6 Å². The molecule has 0 aromatic heterocycles. The number of nitrogens with zero attached hydrogens (tertiary/aromatic N) is 2. The third-order valence-electron chi connectivity index (χ3n) is 6.51. The Morgan fingerprint density at radius 1 is 0.867 bits per heavy atom. The minimum atomic E-state index is -0.526. The van der Waals surface area contributed by atoms with Crippen LogP contribution in [-0.4, -0.2) is 42.3 Å². The van der Waals surface area contributed by atoms with Gasteiger partial charge in [-0.25, -0.2) is 0 Å². The molecule has 1 heterocycles. The first kappa shape index (κ1) is 30.8. The van der Waals surface area contributed by atoms with E-state index in [9.17, 15) is 19.2 Å². The van der Waals surface area contributed by atoms with Gasteiger partial charge in [0.1, 0.15) is 17.3 Å². The number of amidine groups is 1. The number of carbonyl (C=O) groups is 4. The molecule has 11 heteroatoms. The number of ether oxygens (including phenoxy) is 1. The van der Waals surface area contributed by atoms with Crippen molar-refractivity contribution in [2.45, 2.75) is 11.3 Å². The number of methoxy groups -OCH3 is 1. The van der Waals surface area contributed by atoms with Crippen molar-refractivity contribution >= 4 is 58.7 Å². The number of amides is 4. The van der Waals surface area contributed by atoms with E-state index >= 15 is 0 Å². The zero-order chi connectivity index (χ0) is 31.6. The molecular weight excluding hydrogens is 590 g/mol. The molecule has 0 saturated heterocycles. The van der Waals surface area contributed by atoms with Crippen molar-refractivity contribution in [3.63, 3.8) is 0 Å². The van der Waals surface area contributed by atoms with Crippen molar-refractivity contribution in [3.05, 3.63) is 126 Å². The van der Waals surface area contributed by atoms with Crippen LogP contribution in [-0.2, 0) is 14.4 Å². The van der Waals surface area contributed by atoms with Crippen LogP contribution in [0.1, 0.15) is 22.3 Å². The van der Waals surface area contributed by atoms with Gasteiger partial charge in [0, 0.05) is 21.7 Å². The lowest BCUT2D eigenvalue weighted by molar-refractivity contribution is -0.117. The number of hydrogen-bond acceptors (Lipinski definition) is 7. The minimum absolute atomic E-state index is 0.0129. The highest BCUT2D eigenvalue weighted by molar-refractivity contribution is 8.00. The maximum absolute atomic E-state index is 13.4. The van der Waals surface area contributed by atoms with Gasteiger partial charge in [-0.05, 0) is 60.7 Å². The average Bonchev–Trinajstić information content (AvgIpc) is 3.44. The van der Waals surface area contributed by atoms with Gasteiger partial charge in [-0.15, -0.1) is 11.8 Å². The van der Waals surface area contributed by atoms with Crippen LogP contribution in [0.5, 0.6) is 5.75 Å². The van der Waals surface area contributed by atoms with Crippen LogP contribution in [0, 0.1) is 0 Å². The number of thioether (sulfide) groups is 1. The molecule has 0 fully saturated rings. The predicted octanol–water partition coefficient (Wildman–Crippen LogP) is 5.06. The third-order valence-corrected chi connectivity index (χ3v) is 7.52. The second kappa shape index (κ2) is 14.7. The molecule has 4 amide bonds. The van der Waals surface area contributed by atoms with Gasteiger partial charge in [0.25, 0.3) is 17.7 Å². The van der Waals surface area contributed by atoms with E-state index in [4.69, 9.17) is 4.74 Å². The lowest BCUT2D eigenvalue weighted by Gasteiger charge is -2.13. The van der Waals surface area contributed by atoms with E-state index in [2.05, 4.69) is 21.1 Å². The number of hydrogen-bond donors (Lipinski definition) is 3. The average molecular weight is 620 g/mol. The summed E-state index contributed by atoms with van der Waals surface area (Å²) in [5.74, 6) is -0.534. The molecule has 0 unspecified atom stereocenters. The first-order valence-electron chi connectivity index (χ1n) is 13.9. The third kappa shape index (κ3) is 8.24. The summed E-state index contributed by atoms with van der Waals surface area (Å²) in [7, 11) is 1.53. The lowest BCUT2D eigenvalue weighted by atomic mass is 10.1. The highest BCUT2D eigenvalue weighted by Crippen LogP contribution is 2.23. The molecule has 0 bridgehead atoms. The van der Waals surface area contributed by atoms with Crippen LogP contribution >= 0.6 is 11.8 Å². The normalized spacial score (nSPS) is 12.7. The van der Waals surface area contributed by atoms with Gasteiger partial charge in [0.2, 0.25) is 5.91 Å². The molecule has 4 aromatic rings. The van der Waals surface area contributed by atoms with Gasteiger partial charge in [-0.2, -0.15) is 10.1 Å². The summed E-state index contributed by atoms with van der Waals surface area (Å²) >= 11 is 1.30. The summed E-state index contributed by atoms with van der Waals surface area (Å²) in [5.41, 5.74) is 2.18.